The number of nitrogens with one attached hydrogen (secondary N) is 6. The minimum atomic E-state index is 0.858. The summed E-state index contributed by atoms with van der Waals surface area (Å²) in [5, 5.41) is 14.9. The highest BCUT2D eigenvalue weighted by molar-refractivity contribution is 6.03. The topological polar surface area (TPSA) is 105 Å². The monoisotopic (exact) mass is 842 g/mol. The molecule has 4 aromatic carbocycles. The summed E-state index contributed by atoms with van der Waals surface area (Å²) < 4.78 is 0. The number of hydrogen-bond donors (Lipinski definition) is 6. The molecular weight excluding hydrogens is 785 g/mol. The molecule has 3 aromatic heterocycles. The molecule has 5 heterocycles. The van der Waals surface area contributed by atoms with E-state index in [1.807, 2.05) is 0 Å². The normalized spacial score (nSPS) is 11.8. The molecule has 0 fully saturated rings. The van der Waals surface area contributed by atoms with Crippen molar-refractivity contribution in [2.45, 2.75) is 53.4 Å². The second-order valence-corrected chi connectivity index (χ2v) is 16.4. The third-order valence-corrected chi connectivity index (χ3v) is 11.8. The zero-order chi connectivity index (χ0) is 43.8. The number of aromatic amines is 2. The number of fused-ring (bicyclic) bond motifs is 8. The van der Waals surface area contributed by atoms with Crippen molar-refractivity contribution in [3.63, 3.8) is 0 Å². The third-order valence-electron chi connectivity index (χ3n) is 11.8. The molecule has 0 amide bonds. The molecule has 6 N–H and O–H groups in total. The quantitative estimate of drug-likeness (QED) is 0.0579. The van der Waals surface area contributed by atoms with Gasteiger partial charge in [-0.05, 0) is 98.5 Å². The van der Waals surface area contributed by atoms with E-state index in [0.717, 1.165) is 164 Å². The van der Waals surface area contributed by atoms with Crippen LogP contribution in [0.4, 0.5) is 22.7 Å². The molecule has 7 aromatic rings. The molecule has 0 unspecified atom stereocenters. The second kappa shape index (κ2) is 19.4. The first kappa shape index (κ1) is 42.0. The van der Waals surface area contributed by atoms with Crippen molar-refractivity contribution in [1.29, 1.82) is 0 Å². The maximum atomic E-state index is 5.61. The fraction of sp³-hybridized carbons (Fsp3) is 0.214. The fourth-order valence-corrected chi connectivity index (χ4v) is 8.80. The first-order valence-corrected chi connectivity index (χ1v) is 23.1. The summed E-state index contributed by atoms with van der Waals surface area (Å²) in [5.41, 5.74) is 20.1. The van der Waals surface area contributed by atoms with Gasteiger partial charge in [-0.1, -0.05) is 100 Å². The van der Waals surface area contributed by atoms with Crippen LogP contribution in [0.15, 0.2) is 121 Å². The van der Waals surface area contributed by atoms with E-state index in [2.05, 4.69) is 205 Å². The Kier molecular flexibility index (Phi) is 12.7. The molecular formula is C56H58N8. The Bertz CT molecular complexity index is 2620. The van der Waals surface area contributed by atoms with Gasteiger partial charge in [-0.15, -0.1) is 0 Å². The summed E-state index contributed by atoms with van der Waals surface area (Å²) in [4.78, 5) is 19.1. The van der Waals surface area contributed by atoms with Gasteiger partial charge in [0, 0.05) is 116 Å². The van der Waals surface area contributed by atoms with Gasteiger partial charge >= 0.3 is 0 Å². The van der Waals surface area contributed by atoms with E-state index in [1.54, 1.807) is 0 Å². The summed E-state index contributed by atoms with van der Waals surface area (Å²) in [6.07, 6.45) is 12.8. The van der Waals surface area contributed by atoms with Crippen molar-refractivity contribution in [3.8, 4) is 44.5 Å². The van der Waals surface area contributed by atoms with E-state index in [9.17, 15) is 0 Å². The van der Waals surface area contributed by atoms with Crippen molar-refractivity contribution in [2.24, 2.45) is 0 Å². The Morgan fingerprint density at radius 2 is 0.562 bits per heavy atom. The molecule has 0 atom stereocenters. The van der Waals surface area contributed by atoms with E-state index in [1.165, 1.54) is 0 Å². The van der Waals surface area contributed by atoms with Crippen LogP contribution in [0.3, 0.4) is 0 Å². The van der Waals surface area contributed by atoms with Gasteiger partial charge in [-0.2, -0.15) is 0 Å². The Morgan fingerprint density at radius 1 is 0.328 bits per heavy atom. The Balaban J connectivity index is 1.46. The van der Waals surface area contributed by atoms with E-state index in [4.69, 9.17) is 9.97 Å². The lowest BCUT2D eigenvalue weighted by molar-refractivity contribution is 0.980. The molecule has 2 aliphatic rings. The summed E-state index contributed by atoms with van der Waals surface area (Å²) in [6.45, 7) is 12.2. The standard InChI is InChI=1S/C56H58N8/c1-5-33-57-41-21-13-9-17-37(41)53-45-25-27-47(61-45)54(38-18-10-14-22-42(38)58-34-6-2)49-29-31-51(63-49)56(40-20-12-16-24-44(40)60-36-8-4)52-32-30-50(64-52)55(48-28-26-46(53)62-48)39-19-11-15-23-43(39)59-35-7-3/h9-32,57-61,64H,5-8,33-36H2,1-4H3. The SMILES string of the molecule is CCCNc1ccccc1-c1c2nc(c(-c3ccccc3NCCC)c3ccc([nH]3)c(-c3ccccc3NCCC)c3nc(c(-c4ccccc4NCCC)c4ccc1[nH]4)C=C3)C=C2. The van der Waals surface area contributed by atoms with Gasteiger partial charge < -0.3 is 31.2 Å². The van der Waals surface area contributed by atoms with Crippen LogP contribution in [-0.2, 0) is 0 Å². The van der Waals surface area contributed by atoms with Crippen LogP contribution in [0.5, 0.6) is 0 Å². The molecule has 0 saturated carbocycles. The minimum Gasteiger partial charge on any atom is -0.385 e. The van der Waals surface area contributed by atoms with Gasteiger partial charge in [0.05, 0.1) is 22.8 Å². The average Bonchev–Trinajstić information content (AvgIpc) is 4.19. The highest BCUT2D eigenvalue weighted by Crippen LogP contribution is 2.42. The molecule has 8 nitrogen and oxygen atoms in total. The first-order chi connectivity index (χ1) is 31.6. The molecule has 8 bridgehead atoms. The van der Waals surface area contributed by atoms with E-state index >= 15 is 0 Å². The highest BCUT2D eigenvalue weighted by Gasteiger charge is 2.22. The number of rotatable bonds is 16. The van der Waals surface area contributed by atoms with Crippen molar-refractivity contribution in [2.75, 3.05) is 47.4 Å². The van der Waals surface area contributed by atoms with Gasteiger partial charge in [0.1, 0.15) is 0 Å². The number of hydrogen-bond acceptors (Lipinski definition) is 6. The van der Waals surface area contributed by atoms with Crippen LogP contribution in [0.1, 0.15) is 76.2 Å². The zero-order valence-corrected chi connectivity index (χ0v) is 37.4. The molecule has 0 radical (unpaired) electrons. The molecule has 9 rings (SSSR count). The molecule has 0 aliphatic carbocycles. The molecule has 0 spiro atoms. The van der Waals surface area contributed by atoms with Gasteiger partial charge in [0.15, 0.2) is 0 Å². The summed E-state index contributed by atoms with van der Waals surface area (Å²) in [6, 6.07) is 43.2. The number of nitrogens with zero attached hydrogens (tertiary/aromatic N) is 2. The summed E-state index contributed by atoms with van der Waals surface area (Å²) >= 11 is 0. The lowest BCUT2D eigenvalue weighted by Crippen LogP contribution is -2.02. The summed E-state index contributed by atoms with van der Waals surface area (Å²) in [5.74, 6) is 0. The number of aromatic nitrogens is 4. The smallest absolute Gasteiger partial charge is 0.0738 e. The lowest BCUT2D eigenvalue weighted by Gasteiger charge is -2.14. The van der Waals surface area contributed by atoms with E-state index in [0.29, 0.717) is 0 Å². The number of benzene rings is 4. The molecule has 8 heteroatoms. The maximum absolute atomic E-state index is 5.61. The predicted octanol–water partition coefficient (Wildman–Crippen LogP) is 14.6. The van der Waals surface area contributed by atoms with Crippen LogP contribution in [0, 0.1) is 0 Å². The molecule has 322 valence electrons. The number of H-pyrrole nitrogens is 2. The minimum absolute atomic E-state index is 0.858. The number of anilines is 4. The summed E-state index contributed by atoms with van der Waals surface area (Å²) in [7, 11) is 0. The van der Waals surface area contributed by atoms with Crippen LogP contribution in [0.2, 0.25) is 0 Å². The predicted molar refractivity (Wildman–Crippen MR) is 276 cm³/mol. The van der Waals surface area contributed by atoms with Crippen molar-refractivity contribution in [3.05, 3.63) is 144 Å². The second-order valence-electron chi connectivity index (χ2n) is 16.4. The van der Waals surface area contributed by atoms with Crippen LogP contribution in [-0.4, -0.2) is 46.1 Å². The number of para-hydroxylation sites is 4. The van der Waals surface area contributed by atoms with E-state index in [-0.39, 0.29) is 0 Å². The van der Waals surface area contributed by atoms with Crippen molar-refractivity contribution in [1.82, 2.24) is 19.9 Å². The molecule has 0 saturated heterocycles. The zero-order valence-electron chi connectivity index (χ0n) is 37.4. The van der Waals surface area contributed by atoms with Gasteiger partial charge in [-0.3, -0.25) is 0 Å². The fourth-order valence-electron chi connectivity index (χ4n) is 8.80. The molecule has 2 aliphatic heterocycles. The van der Waals surface area contributed by atoms with E-state index < -0.39 is 0 Å². The Hall–Kier alpha value is -7.32. The van der Waals surface area contributed by atoms with Crippen molar-refractivity contribution >= 4 is 69.1 Å². The third kappa shape index (κ3) is 8.43. The molecule has 64 heavy (non-hydrogen) atoms. The average molecular weight is 843 g/mol. The van der Waals surface area contributed by atoms with Crippen LogP contribution in [0.25, 0.3) is 90.9 Å². The van der Waals surface area contributed by atoms with Crippen molar-refractivity contribution < 1.29 is 0 Å². The Labute approximate surface area is 377 Å². The van der Waals surface area contributed by atoms with Gasteiger partial charge in [0.25, 0.3) is 0 Å². The van der Waals surface area contributed by atoms with Crippen LogP contribution < -0.4 is 21.3 Å². The largest absolute Gasteiger partial charge is 0.385 e. The van der Waals surface area contributed by atoms with Gasteiger partial charge in [-0.25, -0.2) is 9.97 Å². The first-order valence-electron chi connectivity index (χ1n) is 23.1. The maximum Gasteiger partial charge on any atom is 0.0738 e. The van der Waals surface area contributed by atoms with Crippen LogP contribution >= 0.6 is 0 Å². The van der Waals surface area contributed by atoms with Gasteiger partial charge in [0.2, 0.25) is 0 Å². The Morgan fingerprint density at radius 3 is 0.797 bits per heavy atom. The lowest BCUT2D eigenvalue weighted by atomic mass is 10.0. The highest BCUT2D eigenvalue weighted by atomic mass is 14.9.